The smallest absolute Gasteiger partial charge is 0.263 e. The first-order valence-electron chi connectivity index (χ1n) is 21.2. The van der Waals surface area contributed by atoms with E-state index >= 15 is 0 Å². The van der Waals surface area contributed by atoms with Gasteiger partial charge in [0.2, 0.25) is 0 Å². The first kappa shape index (κ1) is 46.0. The summed E-state index contributed by atoms with van der Waals surface area (Å²) in [6.45, 7) is 8.45. The summed E-state index contributed by atoms with van der Waals surface area (Å²) in [4.78, 5) is 26.6. The fraction of sp³-hybridized carbons (Fsp3) is 0.354. The van der Waals surface area contributed by atoms with Crippen molar-refractivity contribution in [3.63, 3.8) is 0 Å². The van der Waals surface area contributed by atoms with Gasteiger partial charge in [-0.15, -0.1) is 0 Å². The minimum atomic E-state index is -1.67. The van der Waals surface area contributed by atoms with Gasteiger partial charge in [-0.3, -0.25) is 9.36 Å². The molecule has 1 N–H and O–H groups in total. The summed E-state index contributed by atoms with van der Waals surface area (Å²) in [5.74, 6) is 1.82. The molecule has 3 heterocycles. The molecule has 0 saturated carbocycles. The normalized spacial score (nSPS) is 16.8. The van der Waals surface area contributed by atoms with E-state index < -0.39 is 38.5 Å². The van der Waals surface area contributed by atoms with Crippen LogP contribution < -0.4 is 19.5 Å². The average molecular weight is 888 g/mol. The highest BCUT2D eigenvalue weighted by molar-refractivity contribution is 7.44. The average Bonchev–Trinajstić information content (AvgIpc) is 3.94. The number of amides is 1. The molecule has 64 heavy (non-hydrogen) atoms. The van der Waals surface area contributed by atoms with Gasteiger partial charge in [-0.05, 0) is 80.8 Å². The van der Waals surface area contributed by atoms with Crippen molar-refractivity contribution >= 4 is 31.4 Å². The first-order chi connectivity index (χ1) is 31.1. The van der Waals surface area contributed by atoms with Gasteiger partial charge in [0.1, 0.15) is 41.5 Å². The molecule has 0 spiro atoms. The molecule has 2 aromatic heterocycles. The molecule has 1 fully saturated rings. The topological polar surface area (TPSA) is 164 Å². The van der Waals surface area contributed by atoms with E-state index in [-0.39, 0.29) is 44.1 Å². The van der Waals surface area contributed by atoms with Crippen LogP contribution in [0.15, 0.2) is 122 Å². The Labute approximate surface area is 375 Å². The van der Waals surface area contributed by atoms with Crippen LogP contribution >= 0.6 is 8.53 Å². The molecule has 1 saturated heterocycles. The van der Waals surface area contributed by atoms with Crippen LogP contribution in [0.1, 0.15) is 63.5 Å². The molecule has 6 aromatic rings. The third kappa shape index (κ3) is 10.5. The third-order valence-corrected chi connectivity index (χ3v) is 12.9. The minimum Gasteiger partial charge on any atom is -0.497 e. The Bertz CT molecular complexity index is 2400. The van der Waals surface area contributed by atoms with Crippen LogP contribution in [-0.2, 0) is 28.9 Å². The lowest BCUT2D eigenvalue weighted by Crippen LogP contribution is -2.39. The lowest BCUT2D eigenvalue weighted by molar-refractivity contribution is -0.118. The molecule has 0 radical (unpaired) electrons. The van der Waals surface area contributed by atoms with E-state index in [9.17, 15) is 10.1 Å². The summed E-state index contributed by atoms with van der Waals surface area (Å²) in [6, 6.07) is 37.2. The Morgan fingerprint density at radius 3 is 2.06 bits per heavy atom. The number of carbonyl (C=O) groups is 1. The number of fused-ring (bicyclic) bond motifs is 1. The molecule has 4 aromatic carbocycles. The number of hydrogen-bond donors (Lipinski definition) is 1. The standard InChI is InChI=1S/C48H54N7O8P/c1-33(2)55(34(3)4)64(61-27-13-26-49)63-41-28-44(54-32-52-45-46(50-31-51-47(45)54)53-43(56)30-59-40-16-11-8-12-17-40)62-42(41)29-60-48(35-14-9-7-10-15-35,36-18-22-38(57-5)23-19-36)37-20-24-39(58-6)25-21-37/h7-12,14-25,31-34,41-42,44H,13,27-30H2,1-6H3,(H,50,51,53,56)/t41-,42?,44?,64?/m1/s1. The second-order valence-corrected chi connectivity index (χ2v) is 17.0. The Kier molecular flexibility index (Phi) is 15.5. The first-order valence-corrected chi connectivity index (χ1v) is 22.3. The number of aromatic nitrogens is 4. The molecule has 4 atom stereocenters. The van der Waals surface area contributed by atoms with Crippen molar-refractivity contribution in [2.24, 2.45) is 0 Å². The number of nitriles is 1. The number of para-hydroxylation sites is 1. The molecule has 7 rings (SSSR count). The maximum absolute atomic E-state index is 13.0. The number of methoxy groups -OCH3 is 2. The number of ether oxygens (including phenoxy) is 5. The maximum Gasteiger partial charge on any atom is 0.263 e. The molecule has 15 nitrogen and oxygen atoms in total. The fourth-order valence-corrected chi connectivity index (χ4v) is 9.57. The number of rotatable bonds is 21. The van der Waals surface area contributed by atoms with Crippen LogP contribution in [0.5, 0.6) is 17.2 Å². The van der Waals surface area contributed by atoms with Gasteiger partial charge in [-0.25, -0.2) is 19.6 Å². The Morgan fingerprint density at radius 1 is 0.859 bits per heavy atom. The number of hydrogen-bond acceptors (Lipinski definition) is 13. The van der Waals surface area contributed by atoms with Crippen LogP contribution in [0.25, 0.3) is 11.2 Å². The lowest BCUT2D eigenvalue weighted by atomic mass is 9.80. The SMILES string of the molecule is COc1ccc(C(OCC2OC(n3cnc4c(NC(=O)COc5ccccc5)ncnc43)C[C@H]2OP(OCCC#N)N(C(C)C)C(C)C)(c2ccccc2)c2ccc(OC)cc2)cc1. The van der Waals surface area contributed by atoms with E-state index in [4.69, 9.17) is 32.7 Å². The highest BCUT2D eigenvalue weighted by Gasteiger charge is 2.45. The van der Waals surface area contributed by atoms with Crippen LogP contribution in [0.2, 0.25) is 0 Å². The fourth-order valence-electron chi connectivity index (χ4n) is 7.81. The number of nitrogens with zero attached hydrogens (tertiary/aromatic N) is 6. The predicted molar refractivity (Wildman–Crippen MR) is 243 cm³/mol. The molecule has 3 unspecified atom stereocenters. The van der Waals surface area contributed by atoms with Gasteiger partial charge in [0.15, 0.2) is 23.6 Å². The van der Waals surface area contributed by atoms with Gasteiger partial charge < -0.3 is 38.0 Å². The van der Waals surface area contributed by atoms with Crippen molar-refractivity contribution in [3.8, 4) is 23.3 Å². The van der Waals surface area contributed by atoms with Crippen molar-refractivity contribution < 1.29 is 37.5 Å². The van der Waals surface area contributed by atoms with E-state index in [1.165, 1.54) is 6.33 Å². The zero-order valence-corrected chi connectivity index (χ0v) is 37.8. The summed E-state index contributed by atoms with van der Waals surface area (Å²) in [5, 5.41) is 12.3. The number of carbonyl (C=O) groups excluding carboxylic acids is 1. The van der Waals surface area contributed by atoms with E-state index in [2.05, 4.69) is 58.7 Å². The Balaban J connectivity index is 1.25. The highest BCUT2D eigenvalue weighted by Crippen LogP contribution is 2.51. The summed E-state index contributed by atoms with van der Waals surface area (Å²) in [6.07, 6.45) is 1.74. The molecule has 1 aliphatic heterocycles. The predicted octanol–water partition coefficient (Wildman–Crippen LogP) is 8.82. The van der Waals surface area contributed by atoms with Crippen LogP contribution in [0, 0.1) is 11.3 Å². The van der Waals surface area contributed by atoms with Crippen LogP contribution in [0.4, 0.5) is 5.82 Å². The quantitative estimate of drug-likeness (QED) is 0.0415. The van der Waals surface area contributed by atoms with E-state index in [1.54, 1.807) is 32.7 Å². The molecule has 1 aliphatic rings. The molecule has 1 amide bonds. The number of nitrogens with one attached hydrogen (secondary N) is 1. The van der Waals surface area contributed by atoms with Gasteiger partial charge >= 0.3 is 0 Å². The summed E-state index contributed by atoms with van der Waals surface area (Å²) in [5.41, 5.74) is 2.33. The van der Waals surface area contributed by atoms with Gasteiger partial charge in [-0.2, -0.15) is 5.26 Å². The van der Waals surface area contributed by atoms with E-state index in [0.717, 1.165) is 16.7 Å². The van der Waals surface area contributed by atoms with Gasteiger partial charge in [0.05, 0.1) is 52.4 Å². The minimum absolute atomic E-state index is 0.0675. The number of anilines is 1. The largest absolute Gasteiger partial charge is 0.497 e. The highest BCUT2D eigenvalue weighted by atomic mass is 31.2. The van der Waals surface area contributed by atoms with Gasteiger partial charge in [0.25, 0.3) is 14.4 Å². The molecular formula is C48H54N7O8P. The molecule has 0 aliphatic carbocycles. The summed E-state index contributed by atoms with van der Waals surface area (Å²) < 4.78 is 48.6. The second kappa shape index (κ2) is 21.6. The van der Waals surface area contributed by atoms with Crippen molar-refractivity contribution in [3.05, 3.63) is 139 Å². The lowest BCUT2D eigenvalue weighted by Gasteiger charge is -2.39. The third-order valence-electron chi connectivity index (χ3n) is 10.7. The maximum atomic E-state index is 13.0. The Hall–Kier alpha value is -5.98. The summed E-state index contributed by atoms with van der Waals surface area (Å²) >= 11 is 0. The van der Waals surface area contributed by atoms with Gasteiger partial charge in [-0.1, -0.05) is 72.8 Å². The van der Waals surface area contributed by atoms with E-state index in [0.29, 0.717) is 34.8 Å². The van der Waals surface area contributed by atoms with Crippen LogP contribution in [0.3, 0.4) is 0 Å². The zero-order valence-electron chi connectivity index (χ0n) is 36.9. The van der Waals surface area contributed by atoms with E-state index in [1.807, 2.05) is 102 Å². The molecular weight excluding hydrogens is 834 g/mol. The Morgan fingerprint density at radius 2 is 1.47 bits per heavy atom. The summed E-state index contributed by atoms with van der Waals surface area (Å²) in [7, 11) is 1.61. The monoisotopic (exact) mass is 887 g/mol. The zero-order chi connectivity index (χ0) is 45.1. The molecule has 16 heteroatoms. The van der Waals surface area contributed by atoms with Crippen molar-refractivity contribution in [1.29, 1.82) is 5.26 Å². The van der Waals surface area contributed by atoms with Crippen LogP contribution in [-0.4, -0.2) is 88.4 Å². The number of imidazole rings is 1. The van der Waals surface area contributed by atoms with Crippen molar-refractivity contribution in [2.45, 2.75) is 76.7 Å². The molecule has 334 valence electrons. The number of benzene rings is 4. The van der Waals surface area contributed by atoms with Crippen molar-refractivity contribution in [2.75, 3.05) is 39.4 Å². The van der Waals surface area contributed by atoms with Crippen molar-refractivity contribution in [1.82, 2.24) is 24.2 Å². The van der Waals surface area contributed by atoms with Gasteiger partial charge in [0, 0.05) is 18.5 Å². The molecule has 0 bridgehead atoms. The second-order valence-electron chi connectivity index (χ2n) is 15.6.